The van der Waals surface area contributed by atoms with E-state index in [0.717, 1.165) is 25.2 Å². The van der Waals surface area contributed by atoms with E-state index in [1.165, 1.54) is 38.5 Å². The molecular formula is C12H22N2O. The first kappa shape index (κ1) is 10.1. The van der Waals surface area contributed by atoms with E-state index in [2.05, 4.69) is 10.6 Å². The number of hydrogen-bond acceptors (Lipinski definition) is 3. The fourth-order valence-electron chi connectivity index (χ4n) is 2.25. The first-order valence-electron chi connectivity index (χ1n) is 6.52. The molecule has 2 atom stereocenters. The summed E-state index contributed by atoms with van der Waals surface area (Å²) in [4.78, 5) is 0. The lowest BCUT2D eigenvalue weighted by molar-refractivity contribution is 0.0454. The SMILES string of the molecule is C1CC1NC[C@H]1CC[C@@H](CNC2CC2)O1. The highest BCUT2D eigenvalue weighted by molar-refractivity contribution is 4.86. The molecule has 0 aromatic rings. The van der Waals surface area contributed by atoms with E-state index in [4.69, 9.17) is 4.74 Å². The number of ether oxygens (including phenoxy) is 1. The van der Waals surface area contributed by atoms with Crippen molar-refractivity contribution in [1.82, 2.24) is 10.6 Å². The summed E-state index contributed by atoms with van der Waals surface area (Å²) < 4.78 is 5.99. The third kappa shape index (κ3) is 3.16. The highest BCUT2D eigenvalue weighted by atomic mass is 16.5. The van der Waals surface area contributed by atoms with Gasteiger partial charge in [-0.3, -0.25) is 0 Å². The van der Waals surface area contributed by atoms with Crippen molar-refractivity contribution in [3.63, 3.8) is 0 Å². The lowest BCUT2D eigenvalue weighted by atomic mass is 10.2. The fourth-order valence-corrected chi connectivity index (χ4v) is 2.25. The maximum Gasteiger partial charge on any atom is 0.0704 e. The van der Waals surface area contributed by atoms with Crippen LogP contribution in [0.3, 0.4) is 0 Å². The first-order chi connectivity index (χ1) is 7.40. The predicted octanol–water partition coefficient (Wildman–Crippen LogP) is 1.04. The van der Waals surface area contributed by atoms with Crippen LogP contribution in [0.25, 0.3) is 0 Å². The molecule has 0 amide bonds. The second-order valence-electron chi connectivity index (χ2n) is 5.32. The minimum absolute atomic E-state index is 0.483. The maximum absolute atomic E-state index is 5.99. The Morgan fingerprint density at radius 2 is 1.20 bits per heavy atom. The first-order valence-corrected chi connectivity index (χ1v) is 6.52. The van der Waals surface area contributed by atoms with E-state index >= 15 is 0 Å². The van der Waals surface area contributed by atoms with E-state index in [-0.39, 0.29) is 0 Å². The van der Waals surface area contributed by atoms with E-state index in [1.54, 1.807) is 0 Å². The van der Waals surface area contributed by atoms with Crippen LogP contribution in [-0.2, 0) is 4.74 Å². The van der Waals surface area contributed by atoms with Gasteiger partial charge in [0.1, 0.15) is 0 Å². The number of rotatable bonds is 6. The van der Waals surface area contributed by atoms with Gasteiger partial charge in [0.2, 0.25) is 0 Å². The predicted molar refractivity (Wildman–Crippen MR) is 59.9 cm³/mol. The lowest BCUT2D eigenvalue weighted by Gasteiger charge is -2.14. The molecule has 2 aliphatic carbocycles. The van der Waals surface area contributed by atoms with E-state index in [1.807, 2.05) is 0 Å². The van der Waals surface area contributed by atoms with Gasteiger partial charge in [-0.25, -0.2) is 0 Å². The van der Waals surface area contributed by atoms with E-state index in [0.29, 0.717) is 12.2 Å². The van der Waals surface area contributed by atoms with Crippen molar-refractivity contribution in [3.8, 4) is 0 Å². The summed E-state index contributed by atoms with van der Waals surface area (Å²) in [5.41, 5.74) is 0. The van der Waals surface area contributed by atoms with Gasteiger partial charge in [0.25, 0.3) is 0 Å². The van der Waals surface area contributed by atoms with Crippen molar-refractivity contribution in [2.24, 2.45) is 0 Å². The molecule has 3 nitrogen and oxygen atoms in total. The van der Waals surface area contributed by atoms with Crippen molar-refractivity contribution in [2.45, 2.75) is 62.8 Å². The molecule has 15 heavy (non-hydrogen) atoms. The Balaban J connectivity index is 1.30. The molecule has 3 fully saturated rings. The summed E-state index contributed by atoms with van der Waals surface area (Å²) in [6.45, 7) is 2.15. The van der Waals surface area contributed by atoms with Gasteiger partial charge in [-0.1, -0.05) is 0 Å². The zero-order valence-electron chi connectivity index (χ0n) is 9.37. The Morgan fingerprint density at radius 3 is 1.60 bits per heavy atom. The molecule has 3 heteroatoms. The molecule has 0 aromatic carbocycles. The van der Waals surface area contributed by atoms with Crippen LogP contribution in [0.5, 0.6) is 0 Å². The topological polar surface area (TPSA) is 33.3 Å². The average Bonchev–Trinajstić information content (AvgIpc) is 3.14. The number of hydrogen-bond donors (Lipinski definition) is 2. The van der Waals surface area contributed by atoms with Gasteiger partial charge in [0, 0.05) is 25.2 Å². The van der Waals surface area contributed by atoms with Crippen LogP contribution in [0.15, 0.2) is 0 Å². The molecule has 86 valence electrons. The van der Waals surface area contributed by atoms with E-state index < -0.39 is 0 Å². The number of nitrogens with one attached hydrogen (secondary N) is 2. The van der Waals surface area contributed by atoms with Gasteiger partial charge in [-0.05, 0) is 38.5 Å². The van der Waals surface area contributed by atoms with Crippen molar-refractivity contribution in [3.05, 3.63) is 0 Å². The van der Waals surface area contributed by atoms with Crippen molar-refractivity contribution in [2.75, 3.05) is 13.1 Å². The molecule has 0 radical (unpaired) electrons. The highest BCUT2D eigenvalue weighted by Gasteiger charge is 2.29. The third-order valence-electron chi connectivity index (χ3n) is 3.62. The van der Waals surface area contributed by atoms with Gasteiger partial charge >= 0.3 is 0 Å². The third-order valence-corrected chi connectivity index (χ3v) is 3.62. The van der Waals surface area contributed by atoms with Crippen LogP contribution >= 0.6 is 0 Å². The zero-order valence-corrected chi connectivity index (χ0v) is 9.37. The summed E-state index contributed by atoms with van der Waals surface area (Å²) >= 11 is 0. The van der Waals surface area contributed by atoms with Crippen molar-refractivity contribution >= 4 is 0 Å². The van der Waals surface area contributed by atoms with E-state index in [9.17, 15) is 0 Å². The molecule has 1 heterocycles. The normalized spacial score (nSPS) is 36.0. The van der Waals surface area contributed by atoms with Crippen LogP contribution < -0.4 is 10.6 Å². The van der Waals surface area contributed by atoms with Gasteiger partial charge in [0.05, 0.1) is 12.2 Å². The summed E-state index contributed by atoms with van der Waals surface area (Å²) in [5, 5.41) is 7.10. The molecule has 0 spiro atoms. The summed E-state index contributed by atoms with van der Waals surface area (Å²) in [7, 11) is 0. The van der Waals surface area contributed by atoms with Gasteiger partial charge in [-0.15, -0.1) is 0 Å². The molecule has 3 rings (SSSR count). The standard InChI is InChI=1S/C12H22N2O/c1-2-9(1)13-7-11-5-6-12(15-11)8-14-10-3-4-10/h9-14H,1-8H2/t11-,12+. The average molecular weight is 210 g/mol. The highest BCUT2D eigenvalue weighted by Crippen LogP contribution is 2.23. The molecule has 0 aromatic heterocycles. The van der Waals surface area contributed by atoms with Gasteiger partial charge < -0.3 is 15.4 Å². The second-order valence-corrected chi connectivity index (χ2v) is 5.32. The molecule has 3 aliphatic rings. The monoisotopic (exact) mass is 210 g/mol. The van der Waals surface area contributed by atoms with Crippen LogP contribution in [0.4, 0.5) is 0 Å². The maximum atomic E-state index is 5.99. The molecule has 2 saturated carbocycles. The van der Waals surface area contributed by atoms with Crippen LogP contribution in [0, 0.1) is 0 Å². The van der Waals surface area contributed by atoms with Crippen molar-refractivity contribution in [1.29, 1.82) is 0 Å². The Morgan fingerprint density at radius 1 is 0.733 bits per heavy atom. The minimum Gasteiger partial charge on any atom is -0.372 e. The van der Waals surface area contributed by atoms with Gasteiger partial charge in [0.15, 0.2) is 0 Å². The fraction of sp³-hybridized carbons (Fsp3) is 1.00. The molecule has 0 bridgehead atoms. The molecule has 1 saturated heterocycles. The zero-order chi connectivity index (χ0) is 10.1. The Kier molecular flexibility index (Phi) is 2.95. The summed E-state index contributed by atoms with van der Waals surface area (Å²) in [5.74, 6) is 0. The quantitative estimate of drug-likeness (QED) is 0.687. The molecular weight excluding hydrogens is 188 g/mol. The largest absolute Gasteiger partial charge is 0.372 e. The minimum atomic E-state index is 0.483. The molecule has 2 N–H and O–H groups in total. The van der Waals surface area contributed by atoms with Gasteiger partial charge in [-0.2, -0.15) is 0 Å². The van der Waals surface area contributed by atoms with Crippen LogP contribution in [0.2, 0.25) is 0 Å². The van der Waals surface area contributed by atoms with Crippen molar-refractivity contribution < 1.29 is 4.74 Å². The molecule has 0 unspecified atom stereocenters. The van der Waals surface area contributed by atoms with Crippen LogP contribution in [0.1, 0.15) is 38.5 Å². The Hall–Kier alpha value is -0.120. The Bertz CT molecular complexity index is 192. The van der Waals surface area contributed by atoms with Crippen LogP contribution in [-0.4, -0.2) is 37.4 Å². The summed E-state index contributed by atoms with van der Waals surface area (Å²) in [6, 6.07) is 1.63. The molecule has 1 aliphatic heterocycles. The lowest BCUT2D eigenvalue weighted by Crippen LogP contribution is -2.32. The smallest absolute Gasteiger partial charge is 0.0704 e. The Labute approximate surface area is 91.9 Å². The summed E-state index contributed by atoms with van der Waals surface area (Å²) in [6.07, 6.45) is 8.96. The second kappa shape index (κ2) is 4.40.